The highest BCUT2D eigenvalue weighted by Gasteiger charge is 2.19. The van der Waals surface area contributed by atoms with E-state index in [-0.39, 0.29) is 18.4 Å². The minimum Gasteiger partial charge on any atom is -0.481 e. The molecule has 1 heterocycles. The summed E-state index contributed by atoms with van der Waals surface area (Å²) in [7, 11) is 1.26. The highest BCUT2D eigenvalue weighted by molar-refractivity contribution is 5.93. The van der Waals surface area contributed by atoms with E-state index in [1.54, 1.807) is 30.3 Å². The van der Waals surface area contributed by atoms with Gasteiger partial charge in [0.25, 0.3) is 11.5 Å². The van der Waals surface area contributed by atoms with Gasteiger partial charge in [0.2, 0.25) is 0 Å². The normalized spacial score (nSPS) is 11.7. The fraction of sp³-hybridized carbons (Fsp3) is 0.250. The second kappa shape index (κ2) is 7.40. The minimum atomic E-state index is -0.981. The molecule has 24 heavy (non-hydrogen) atoms. The Hall–Kier alpha value is -3.16. The molecule has 0 aliphatic heterocycles. The first-order valence-electron chi connectivity index (χ1n) is 7.26. The maximum absolute atomic E-state index is 12.4. The molecule has 126 valence electrons. The monoisotopic (exact) mass is 331 g/mol. The summed E-state index contributed by atoms with van der Waals surface area (Å²) in [6.45, 7) is 0. The third-order valence-corrected chi connectivity index (χ3v) is 3.58. The number of aliphatic carboxylic acids is 1. The van der Waals surface area contributed by atoms with E-state index in [0.717, 1.165) is 16.3 Å². The van der Waals surface area contributed by atoms with Gasteiger partial charge in [0.1, 0.15) is 5.56 Å². The molecule has 1 atom stereocenters. The number of aromatic amines is 1. The summed E-state index contributed by atoms with van der Waals surface area (Å²) in [5, 5.41) is 11.5. The number of nitrogens with one attached hydrogen (secondary N) is 2. The maximum atomic E-state index is 12.4. The first kappa shape index (κ1) is 17.2. The van der Waals surface area contributed by atoms with Gasteiger partial charge in [-0.1, -0.05) is 30.3 Å². The van der Waals surface area contributed by atoms with Crippen LogP contribution in [0.4, 0.5) is 0 Å². The number of aromatic nitrogens is 2. The van der Waals surface area contributed by atoms with Crippen molar-refractivity contribution >= 4 is 11.9 Å². The number of hydrogen-bond acceptors (Lipinski definition) is 4. The molecule has 2 aromatic rings. The summed E-state index contributed by atoms with van der Waals surface area (Å²) in [4.78, 5) is 48.8. The average molecular weight is 331 g/mol. The molecule has 1 aromatic heterocycles. The minimum absolute atomic E-state index is 0.135. The largest absolute Gasteiger partial charge is 0.481 e. The van der Waals surface area contributed by atoms with Crippen molar-refractivity contribution in [2.45, 2.75) is 18.9 Å². The van der Waals surface area contributed by atoms with Crippen molar-refractivity contribution in [1.82, 2.24) is 14.9 Å². The number of carboxylic acids is 1. The highest BCUT2D eigenvalue weighted by atomic mass is 16.4. The Labute approximate surface area is 136 Å². The lowest BCUT2D eigenvalue weighted by atomic mass is 10.0. The third-order valence-electron chi connectivity index (χ3n) is 3.58. The SMILES string of the molecule is Cn1c(=O)[nH]cc(C(=O)NC(CCC(=O)O)c2ccccc2)c1=O. The third kappa shape index (κ3) is 3.97. The number of benzene rings is 1. The van der Waals surface area contributed by atoms with Gasteiger partial charge in [0, 0.05) is 19.7 Å². The highest BCUT2D eigenvalue weighted by Crippen LogP contribution is 2.18. The second-order valence-electron chi connectivity index (χ2n) is 5.24. The van der Waals surface area contributed by atoms with E-state index in [2.05, 4.69) is 10.3 Å². The first-order valence-corrected chi connectivity index (χ1v) is 7.26. The molecule has 0 bridgehead atoms. The van der Waals surface area contributed by atoms with Crippen LogP contribution in [0.15, 0.2) is 46.1 Å². The number of H-pyrrole nitrogens is 1. The smallest absolute Gasteiger partial charge is 0.328 e. The summed E-state index contributed by atoms with van der Waals surface area (Å²) in [6.07, 6.45) is 1.09. The zero-order valence-electron chi connectivity index (χ0n) is 13.0. The molecule has 0 saturated carbocycles. The predicted octanol–water partition coefficient (Wildman–Crippen LogP) is 0.409. The van der Waals surface area contributed by atoms with Gasteiger partial charge in [-0.3, -0.25) is 19.0 Å². The zero-order chi connectivity index (χ0) is 17.7. The first-order chi connectivity index (χ1) is 11.4. The standard InChI is InChI=1S/C16H17N3O5/c1-19-15(23)11(9-17-16(19)24)14(22)18-12(7-8-13(20)21)10-5-3-2-4-6-10/h2-6,9,12H,7-8H2,1H3,(H,17,24)(H,18,22)(H,20,21). The van der Waals surface area contributed by atoms with Crippen molar-refractivity contribution in [3.05, 3.63) is 68.5 Å². The van der Waals surface area contributed by atoms with Crippen LogP contribution in [0.1, 0.15) is 34.8 Å². The lowest BCUT2D eigenvalue weighted by molar-refractivity contribution is -0.137. The Balaban J connectivity index is 2.27. The van der Waals surface area contributed by atoms with Gasteiger partial charge < -0.3 is 15.4 Å². The quantitative estimate of drug-likeness (QED) is 0.708. The molecule has 0 spiro atoms. The molecule has 0 saturated heterocycles. The number of carbonyl (C=O) groups is 2. The predicted molar refractivity (Wildman–Crippen MR) is 85.8 cm³/mol. The topological polar surface area (TPSA) is 121 Å². The summed E-state index contributed by atoms with van der Waals surface area (Å²) < 4.78 is 0.795. The van der Waals surface area contributed by atoms with Crippen LogP contribution < -0.4 is 16.6 Å². The van der Waals surface area contributed by atoms with Gasteiger partial charge in [-0.15, -0.1) is 0 Å². The van der Waals surface area contributed by atoms with Gasteiger partial charge in [-0.25, -0.2) is 4.79 Å². The van der Waals surface area contributed by atoms with E-state index < -0.39 is 29.2 Å². The molecular weight excluding hydrogens is 314 g/mol. The summed E-state index contributed by atoms with van der Waals surface area (Å²) in [6, 6.07) is 8.31. The van der Waals surface area contributed by atoms with Crippen molar-refractivity contribution in [2.75, 3.05) is 0 Å². The molecule has 0 aliphatic carbocycles. The number of rotatable bonds is 6. The molecule has 3 N–H and O–H groups in total. The molecule has 0 aliphatic rings. The van der Waals surface area contributed by atoms with Crippen LogP contribution in [0.5, 0.6) is 0 Å². The maximum Gasteiger partial charge on any atom is 0.328 e. The van der Waals surface area contributed by atoms with Gasteiger partial charge in [-0.05, 0) is 12.0 Å². The van der Waals surface area contributed by atoms with Gasteiger partial charge in [0.15, 0.2) is 0 Å². The molecule has 1 unspecified atom stereocenters. The van der Waals surface area contributed by atoms with Crippen LogP contribution in [-0.2, 0) is 11.8 Å². The van der Waals surface area contributed by atoms with E-state index in [1.165, 1.54) is 7.05 Å². The molecular formula is C16H17N3O5. The van der Waals surface area contributed by atoms with E-state index in [0.29, 0.717) is 0 Å². The molecule has 0 radical (unpaired) electrons. The lowest BCUT2D eigenvalue weighted by Gasteiger charge is -2.18. The number of nitrogens with zero attached hydrogens (tertiary/aromatic N) is 1. The van der Waals surface area contributed by atoms with Crippen LogP contribution in [0.3, 0.4) is 0 Å². The fourth-order valence-electron chi connectivity index (χ4n) is 2.24. The second-order valence-corrected chi connectivity index (χ2v) is 5.24. The van der Waals surface area contributed by atoms with Crippen molar-refractivity contribution in [3.8, 4) is 0 Å². The van der Waals surface area contributed by atoms with E-state index in [9.17, 15) is 19.2 Å². The number of carboxylic acid groups (broad SMARTS) is 1. The van der Waals surface area contributed by atoms with Crippen molar-refractivity contribution in [2.24, 2.45) is 7.05 Å². The van der Waals surface area contributed by atoms with Crippen LogP contribution in [0, 0.1) is 0 Å². The Morgan fingerprint density at radius 2 is 1.92 bits per heavy atom. The Bertz CT molecular complexity index is 854. The number of hydrogen-bond donors (Lipinski definition) is 3. The van der Waals surface area contributed by atoms with Crippen LogP contribution in [0.25, 0.3) is 0 Å². The van der Waals surface area contributed by atoms with Crippen LogP contribution in [0.2, 0.25) is 0 Å². The van der Waals surface area contributed by atoms with E-state index >= 15 is 0 Å². The zero-order valence-corrected chi connectivity index (χ0v) is 13.0. The molecule has 0 fully saturated rings. The average Bonchev–Trinajstić information content (AvgIpc) is 2.57. The Morgan fingerprint density at radius 3 is 2.54 bits per heavy atom. The number of amides is 1. The molecule has 2 rings (SSSR count). The molecule has 1 amide bonds. The summed E-state index contributed by atoms with van der Waals surface area (Å²) >= 11 is 0. The number of carbonyl (C=O) groups excluding carboxylic acids is 1. The van der Waals surface area contributed by atoms with E-state index in [1.807, 2.05) is 0 Å². The van der Waals surface area contributed by atoms with Crippen LogP contribution in [-0.4, -0.2) is 26.5 Å². The summed E-state index contributed by atoms with van der Waals surface area (Å²) in [5.74, 6) is -1.66. The molecule has 1 aromatic carbocycles. The van der Waals surface area contributed by atoms with Crippen LogP contribution >= 0.6 is 0 Å². The van der Waals surface area contributed by atoms with Crippen molar-refractivity contribution in [1.29, 1.82) is 0 Å². The van der Waals surface area contributed by atoms with Gasteiger partial charge in [-0.2, -0.15) is 0 Å². The molecule has 8 nitrogen and oxygen atoms in total. The summed E-state index contributed by atoms with van der Waals surface area (Å²) in [5.41, 5.74) is -0.829. The van der Waals surface area contributed by atoms with Crippen molar-refractivity contribution in [3.63, 3.8) is 0 Å². The molecule has 8 heteroatoms. The van der Waals surface area contributed by atoms with Gasteiger partial charge in [0.05, 0.1) is 6.04 Å². The Kier molecular flexibility index (Phi) is 5.31. The van der Waals surface area contributed by atoms with E-state index in [4.69, 9.17) is 5.11 Å². The van der Waals surface area contributed by atoms with Crippen molar-refractivity contribution < 1.29 is 14.7 Å². The fourth-order valence-corrected chi connectivity index (χ4v) is 2.24. The lowest BCUT2D eigenvalue weighted by Crippen LogP contribution is -2.40. The van der Waals surface area contributed by atoms with Gasteiger partial charge >= 0.3 is 11.7 Å². The Morgan fingerprint density at radius 1 is 1.25 bits per heavy atom.